The van der Waals surface area contributed by atoms with Gasteiger partial charge in [0.25, 0.3) is 0 Å². The van der Waals surface area contributed by atoms with E-state index in [0.717, 1.165) is 5.56 Å². The van der Waals surface area contributed by atoms with Crippen LogP contribution in [0.3, 0.4) is 0 Å². The molecule has 0 heterocycles. The summed E-state index contributed by atoms with van der Waals surface area (Å²) in [5.74, 6) is -0.381. The highest BCUT2D eigenvalue weighted by atomic mass is 79.9. The average Bonchev–Trinajstić information content (AvgIpc) is 2.38. The molecular formula is C9H7BrClFO. The van der Waals surface area contributed by atoms with Crippen LogP contribution in [-0.2, 0) is 6.42 Å². The Labute approximate surface area is 88.7 Å². The molecule has 0 unspecified atom stereocenters. The van der Waals surface area contributed by atoms with Crippen LogP contribution in [0.1, 0.15) is 17.2 Å². The van der Waals surface area contributed by atoms with Gasteiger partial charge >= 0.3 is 0 Å². The molecule has 70 valence electrons. The summed E-state index contributed by atoms with van der Waals surface area (Å²) in [6, 6.07) is 2.81. The number of alkyl halides is 1. The zero-order valence-corrected chi connectivity index (χ0v) is 8.94. The van der Waals surface area contributed by atoms with Crippen LogP contribution in [0.15, 0.2) is 12.1 Å². The van der Waals surface area contributed by atoms with E-state index in [-0.39, 0.29) is 10.6 Å². The second-order valence-corrected chi connectivity index (χ2v) is 4.67. The zero-order valence-electron chi connectivity index (χ0n) is 6.60. The van der Waals surface area contributed by atoms with Crippen molar-refractivity contribution in [3.63, 3.8) is 0 Å². The highest BCUT2D eigenvalue weighted by molar-refractivity contribution is 9.09. The minimum atomic E-state index is -0.784. The molecule has 13 heavy (non-hydrogen) atoms. The molecule has 4 heteroatoms. The van der Waals surface area contributed by atoms with Crippen molar-refractivity contribution in [2.24, 2.45) is 0 Å². The lowest BCUT2D eigenvalue weighted by molar-refractivity contribution is 0.183. The number of fused-ring (bicyclic) bond motifs is 1. The Morgan fingerprint density at radius 1 is 1.54 bits per heavy atom. The summed E-state index contributed by atoms with van der Waals surface area (Å²) < 4.78 is 13.3. The highest BCUT2D eigenvalue weighted by Gasteiger charge is 2.33. The first-order chi connectivity index (χ1) is 6.11. The van der Waals surface area contributed by atoms with Crippen molar-refractivity contribution in [3.8, 4) is 0 Å². The molecule has 0 aromatic heterocycles. The molecule has 1 nitrogen and oxygen atoms in total. The lowest BCUT2D eigenvalue weighted by Gasteiger charge is -2.07. The molecule has 0 amide bonds. The van der Waals surface area contributed by atoms with Crippen LogP contribution in [0.2, 0.25) is 5.02 Å². The fraction of sp³-hybridized carbons (Fsp3) is 0.333. The maximum Gasteiger partial charge on any atom is 0.129 e. The predicted octanol–water partition coefficient (Wildman–Crippen LogP) is 2.83. The Hall–Kier alpha value is -0.120. The molecule has 0 saturated carbocycles. The van der Waals surface area contributed by atoms with Gasteiger partial charge in [-0.3, -0.25) is 0 Å². The van der Waals surface area contributed by atoms with Crippen LogP contribution in [0.4, 0.5) is 4.39 Å². The van der Waals surface area contributed by atoms with Crippen molar-refractivity contribution >= 4 is 27.5 Å². The molecule has 0 bridgehead atoms. The van der Waals surface area contributed by atoms with Gasteiger partial charge in [-0.05, 0) is 24.1 Å². The maximum atomic E-state index is 13.3. The van der Waals surface area contributed by atoms with E-state index in [4.69, 9.17) is 11.6 Å². The number of aliphatic hydroxyl groups is 1. The number of aliphatic hydroxyl groups excluding tert-OH is 1. The van der Waals surface area contributed by atoms with E-state index >= 15 is 0 Å². The molecule has 1 aliphatic carbocycles. The summed E-state index contributed by atoms with van der Waals surface area (Å²) in [6.07, 6.45) is -0.207. The van der Waals surface area contributed by atoms with Crippen LogP contribution < -0.4 is 0 Å². The first-order valence-electron chi connectivity index (χ1n) is 3.90. The molecule has 0 fully saturated rings. The average molecular weight is 266 g/mol. The van der Waals surface area contributed by atoms with Gasteiger partial charge in [0.2, 0.25) is 0 Å². The molecule has 2 rings (SSSR count). The van der Waals surface area contributed by atoms with E-state index < -0.39 is 6.10 Å². The first-order valence-corrected chi connectivity index (χ1v) is 5.19. The van der Waals surface area contributed by atoms with E-state index in [9.17, 15) is 9.50 Å². The molecule has 0 spiro atoms. The van der Waals surface area contributed by atoms with Gasteiger partial charge in [0.1, 0.15) is 5.82 Å². The largest absolute Gasteiger partial charge is 0.387 e. The summed E-state index contributed by atoms with van der Waals surface area (Å²) in [5, 5.41) is 10.1. The second kappa shape index (κ2) is 3.23. The van der Waals surface area contributed by atoms with Crippen molar-refractivity contribution in [1.82, 2.24) is 0 Å². The van der Waals surface area contributed by atoms with E-state index in [1.165, 1.54) is 12.1 Å². The third-order valence-electron chi connectivity index (χ3n) is 2.28. The zero-order chi connectivity index (χ0) is 9.59. The van der Waals surface area contributed by atoms with Gasteiger partial charge in [-0.1, -0.05) is 27.5 Å². The minimum absolute atomic E-state index is 0.128. The molecule has 0 radical (unpaired) electrons. The van der Waals surface area contributed by atoms with Gasteiger partial charge in [0.15, 0.2) is 0 Å². The Kier molecular flexibility index (Phi) is 2.34. The summed E-state index contributed by atoms with van der Waals surface area (Å²) >= 11 is 9.15. The van der Waals surface area contributed by atoms with E-state index in [2.05, 4.69) is 15.9 Å². The lowest BCUT2D eigenvalue weighted by atomic mass is 10.1. The van der Waals surface area contributed by atoms with Crippen molar-refractivity contribution in [3.05, 3.63) is 34.1 Å². The second-order valence-electron chi connectivity index (χ2n) is 3.09. The van der Waals surface area contributed by atoms with Crippen molar-refractivity contribution in [2.45, 2.75) is 17.4 Å². The van der Waals surface area contributed by atoms with Crippen molar-refractivity contribution < 1.29 is 9.50 Å². The SMILES string of the molecule is O[C@H]1c2c(F)ccc(Cl)c2C[C@@H]1Br. The number of benzene rings is 1. The summed E-state index contributed by atoms with van der Waals surface area (Å²) in [5.41, 5.74) is 1.06. The molecule has 0 aliphatic heterocycles. The van der Waals surface area contributed by atoms with Crippen LogP contribution in [0.25, 0.3) is 0 Å². The minimum Gasteiger partial charge on any atom is -0.387 e. The highest BCUT2D eigenvalue weighted by Crippen LogP contribution is 2.40. The lowest BCUT2D eigenvalue weighted by Crippen LogP contribution is -2.05. The third-order valence-corrected chi connectivity index (χ3v) is 3.46. The van der Waals surface area contributed by atoms with Gasteiger partial charge in [-0.2, -0.15) is 0 Å². The fourth-order valence-electron chi connectivity index (χ4n) is 1.62. The number of hydrogen-bond donors (Lipinski definition) is 1. The number of rotatable bonds is 0. The van der Waals surface area contributed by atoms with Crippen molar-refractivity contribution in [2.75, 3.05) is 0 Å². The quantitative estimate of drug-likeness (QED) is 0.715. The van der Waals surface area contributed by atoms with Crippen LogP contribution in [0.5, 0.6) is 0 Å². The number of hydrogen-bond acceptors (Lipinski definition) is 1. The topological polar surface area (TPSA) is 20.2 Å². The van der Waals surface area contributed by atoms with Gasteiger partial charge in [-0.15, -0.1) is 0 Å². The summed E-state index contributed by atoms with van der Waals surface area (Å²) in [7, 11) is 0. The predicted molar refractivity (Wildman–Crippen MR) is 52.8 cm³/mol. The maximum absolute atomic E-state index is 13.3. The molecule has 1 aromatic rings. The number of halogens is 3. The van der Waals surface area contributed by atoms with E-state index in [0.29, 0.717) is 17.0 Å². The summed E-state index contributed by atoms with van der Waals surface area (Å²) in [6.45, 7) is 0. The molecule has 1 aromatic carbocycles. The van der Waals surface area contributed by atoms with Crippen LogP contribution in [-0.4, -0.2) is 9.93 Å². The smallest absolute Gasteiger partial charge is 0.129 e. The van der Waals surface area contributed by atoms with Gasteiger partial charge in [0.05, 0.1) is 6.10 Å². The fourth-order valence-corrected chi connectivity index (χ4v) is 2.45. The Morgan fingerprint density at radius 3 is 2.85 bits per heavy atom. The Morgan fingerprint density at radius 2 is 2.23 bits per heavy atom. The van der Waals surface area contributed by atoms with Gasteiger partial charge < -0.3 is 5.11 Å². The van der Waals surface area contributed by atoms with Gasteiger partial charge in [0, 0.05) is 15.4 Å². The molecule has 0 saturated heterocycles. The molecule has 1 N–H and O–H groups in total. The van der Waals surface area contributed by atoms with Crippen molar-refractivity contribution in [1.29, 1.82) is 0 Å². The van der Waals surface area contributed by atoms with Gasteiger partial charge in [-0.25, -0.2) is 4.39 Å². The Balaban J connectivity index is 2.61. The Bertz CT molecular complexity index is 356. The first kappa shape index (κ1) is 9.44. The van der Waals surface area contributed by atoms with Crippen LogP contribution in [0, 0.1) is 5.82 Å². The van der Waals surface area contributed by atoms with E-state index in [1.54, 1.807) is 0 Å². The third kappa shape index (κ3) is 1.39. The normalized spacial score (nSPS) is 26.2. The molecule has 1 aliphatic rings. The van der Waals surface area contributed by atoms with E-state index in [1.807, 2.05) is 0 Å². The summed E-state index contributed by atoms with van der Waals surface area (Å²) in [4.78, 5) is -0.128. The molecule has 2 atom stereocenters. The van der Waals surface area contributed by atoms with Crippen LogP contribution >= 0.6 is 27.5 Å². The standard InChI is InChI=1S/C9H7BrClFO/c10-5-3-4-6(11)1-2-7(12)8(4)9(5)13/h1-2,5,9,13H,3H2/t5-,9+/m0/s1. The molecular weight excluding hydrogens is 258 g/mol. The monoisotopic (exact) mass is 264 g/mol.